The zero-order valence-electron chi connectivity index (χ0n) is 22.7. The van der Waals surface area contributed by atoms with Crippen LogP contribution in [-0.2, 0) is 20.7 Å². The van der Waals surface area contributed by atoms with E-state index < -0.39 is 0 Å². The molecule has 1 aliphatic rings. The zero-order valence-corrected chi connectivity index (χ0v) is 22.7. The number of nitrogens with zero attached hydrogens (tertiary/aromatic N) is 3. The van der Waals surface area contributed by atoms with E-state index in [4.69, 9.17) is 14.5 Å². The first-order valence-electron chi connectivity index (χ1n) is 12.7. The second kappa shape index (κ2) is 13.9. The highest BCUT2D eigenvalue weighted by Gasteiger charge is 2.21. The number of rotatable bonds is 9. The van der Waals surface area contributed by atoms with Crippen molar-refractivity contribution < 1.29 is 19.4 Å². The van der Waals surface area contributed by atoms with Gasteiger partial charge >= 0.3 is 0 Å². The molecule has 0 unspecified atom stereocenters. The van der Waals surface area contributed by atoms with Crippen molar-refractivity contribution in [3.05, 3.63) is 94.1 Å². The molecule has 0 radical (unpaired) electrons. The molecule has 1 aromatic carbocycles. The minimum atomic E-state index is 0.252. The van der Waals surface area contributed by atoms with Gasteiger partial charge in [-0.25, -0.2) is 4.99 Å². The second-order valence-electron chi connectivity index (χ2n) is 8.88. The van der Waals surface area contributed by atoms with Gasteiger partial charge in [-0.2, -0.15) is 5.10 Å². The summed E-state index contributed by atoms with van der Waals surface area (Å²) in [7, 11) is 0. The van der Waals surface area contributed by atoms with Gasteiger partial charge in [0.1, 0.15) is 24.5 Å². The molecule has 9 heteroatoms. The van der Waals surface area contributed by atoms with Crippen molar-refractivity contribution >= 4 is 17.9 Å². The number of allylic oxidation sites excluding steroid dienone is 2. The number of aryl methyl sites for hydroxylation is 3. The van der Waals surface area contributed by atoms with Gasteiger partial charge in [0.2, 0.25) is 6.41 Å². The maximum absolute atomic E-state index is 11.7. The first-order valence-corrected chi connectivity index (χ1v) is 12.7. The number of aliphatic imine (C=N–C) groups is 1. The van der Waals surface area contributed by atoms with Gasteiger partial charge in [-0.15, -0.1) is 0 Å². The van der Waals surface area contributed by atoms with Crippen molar-refractivity contribution in [2.24, 2.45) is 4.99 Å². The molecule has 1 amide bonds. The monoisotopic (exact) mass is 519 g/mol. The van der Waals surface area contributed by atoms with Gasteiger partial charge in [0.25, 0.3) is 0 Å². The molecule has 0 aliphatic carbocycles. The van der Waals surface area contributed by atoms with Crippen LogP contribution in [0.3, 0.4) is 0 Å². The second-order valence-corrected chi connectivity index (χ2v) is 8.88. The minimum absolute atomic E-state index is 0.252. The molecule has 3 N–H and O–H groups in total. The lowest BCUT2D eigenvalue weighted by atomic mass is 10.1. The number of aliphatic hydroxyl groups is 1. The van der Waals surface area contributed by atoms with E-state index in [1.54, 1.807) is 12.3 Å². The number of ether oxygens (including phenoxy) is 2. The molecule has 0 bridgehead atoms. The average molecular weight is 520 g/mol. The van der Waals surface area contributed by atoms with Crippen LogP contribution in [0.1, 0.15) is 36.2 Å². The zero-order chi connectivity index (χ0) is 27.5. The number of aromatic amines is 1. The normalized spacial score (nSPS) is 19.4. The fourth-order valence-electron chi connectivity index (χ4n) is 4.37. The third kappa shape index (κ3) is 7.38. The van der Waals surface area contributed by atoms with E-state index in [-0.39, 0.29) is 5.76 Å². The molecular formula is C29H37N5O4. The van der Waals surface area contributed by atoms with Crippen LogP contribution in [0.4, 0.5) is 5.69 Å². The molecule has 38 heavy (non-hydrogen) atoms. The Kier molecular flexibility index (Phi) is 10.3. The number of amidine groups is 1. The van der Waals surface area contributed by atoms with Gasteiger partial charge < -0.3 is 24.8 Å². The third-order valence-corrected chi connectivity index (χ3v) is 6.06. The van der Waals surface area contributed by atoms with Crippen molar-refractivity contribution in [3.63, 3.8) is 0 Å². The van der Waals surface area contributed by atoms with Crippen LogP contribution in [0.15, 0.2) is 76.7 Å². The van der Waals surface area contributed by atoms with Gasteiger partial charge in [-0.3, -0.25) is 9.89 Å². The number of H-pyrrole nitrogens is 1. The van der Waals surface area contributed by atoms with E-state index in [9.17, 15) is 9.90 Å². The van der Waals surface area contributed by atoms with Gasteiger partial charge in [0.15, 0.2) is 5.76 Å². The minimum Gasteiger partial charge on any atom is -0.512 e. The number of carbonyl (C=O) groups excluding carboxylic acids is 1. The van der Waals surface area contributed by atoms with Gasteiger partial charge in [0.05, 0.1) is 24.5 Å². The Morgan fingerprint density at radius 3 is 2.68 bits per heavy atom. The highest BCUT2D eigenvalue weighted by atomic mass is 16.5. The number of aliphatic hydroxyl groups excluding tert-OH is 1. The quantitative estimate of drug-likeness (QED) is 0.323. The third-order valence-electron chi connectivity index (χ3n) is 6.06. The lowest BCUT2D eigenvalue weighted by Crippen LogP contribution is -2.35. The molecule has 9 nitrogen and oxygen atoms in total. The molecule has 0 fully saturated rings. The molecular weight excluding hydrogens is 482 g/mol. The van der Waals surface area contributed by atoms with Crippen LogP contribution >= 0.6 is 0 Å². The molecule has 2 heterocycles. The van der Waals surface area contributed by atoms with E-state index >= 15 is 0 Å². The summed E-state index contributed by atoms with van der Waals surface area (Å²) in [5.74, 6) is 1.40. The lowest BCUT2D eigenvalue weighted by Gasteiger charge is -2.24. The van der Waals surface area contributed by atoms with E-state index in [0.717, 1.165) is 35.2 Å². The highest BCUT2D eigenvalue weighted by molar-refractivity contribution is 5.97. The molecule has 3 rings (SSSR count). The predicted molar refractivity (Wildman–Crippen MR) is 149 cm³/mol. The Balaban J connectivity index is 2.17. The van der Waals surface area contributed by atoms with Crippen LogP contribution in [0.25, 0.3) is 0 Å². The van der Waals surface area contributed by atoms with Crippen LogP contribution < -0.4 is 5.32 Å². The molecule has 2 aromatic rings. The topological polar surface area (TPSA) is 112 Å². The Hall–Kier alpha value is -4.27. The lowest BCUT2D eigenvalue weighted by molar-refractivity contribution is -0.108. The van der Waals surface area contributed by atoms with Crippen molar-refractivity contribution in [2.75, 3.05) is 26.3 Å². The SMILES string of the molecule is C/C=C1C(/NC=O)=C/C(=Nc2c(C)cc(C)cc2C)N(CCc2ccn[nH]2)CCOC/1=C/C(=C/O)OCC. The van der Waals surface area contributed by atoms with E-state index in [1.807, 2.05) is 32.1 Å². The van der Waals surface area contributed by atoms with E-state index in [2.05, 4.69) is 53.3 Å². The Morgan fingerprint density at radius 1 is 1.32 bits per heavy atom. The number of aromatic nitrogens is 2. The summed E-state index contributed by atoms with van der Waals surface area (Å²) in [4.78, 5) is 19.0. The molecule has 0 saturated heterocycles. The summed E-state index contributed by atoms with van der Waals surface area (Å²) in [5.41, 5.74) is 6.35. The van der Waals surface area contributed by atoms with Crippen LogP contribution in [0.2, 0.25) is 0 Å². The summed E-state index contributed by atoms with van der Waals surface area (Å²) in [5, 5.41) is 19.5. The van der Waals surface area contributed by atoms with Crippen molar-refractivity contribution in [1.82, 2.24) is 20.4 Å². The summed E-state index contributed by atoms with van der Waals surface area (Å²) >= 11 is 0. The Bertz CT molecular complexity index is 1230. The fourth-order valence-corrected chi connectivity index (χ4v) is 4.37. The Morgan fingerprint density at radius 2 is 2.08 bits per heavy atom. The van der Waals surface area contributed by atoms with Crippen molar-refractivity contribution in [1.29, 1.82) is 0 Å². The van der Waals surface area contributed by atoms with E-state index in [1.165, 1.54) is 5.56 Å². The standard InChI is InChI=1S/C29H37N5O4/c1-6-25-26(30-19-36)17-28(32-29-21(4)14-20(3)15-22(29)5)34(11-9-23-8-10-31-33-23)12-13-38-27(25)16-24(18-35)37-7-2/h6,8,10,14-19,35H,7,9,11-13H2,1-5H3,(H,30,36)(H,31,33)/b24-18-,25-6-,26-17-,27-16+,32-28?. The van der Waals surface area contributed by atoms with Crippen LogP contribution in [0.5, 0.6) is 0 Å². The smallest absolute Gasteiger partial charge is 0.211 e. The van der Waals surface area contributed by atoms with Gasteiger partial charge in [0, 0.05) is 42.6 Å². The van der Waals surface area contributed by atoms with Gasteiger partial charge in [-0.05, 0) is 51.8 Å². The number of nitrogens with one attached hydrogen (secondary N) is 2. The maximum atomic E-state index is 11.7. The molecule has 0 saturated carbocycles. The molecule has 202 valence electrons. The summed E-state index contributed by atoms with van der Waals surface area (Å²) in [6.45, 7) is 11.7. The summed E-state index contributed by atoms with van der Waals surface area (Å²) in [6.07, 6.45) is 9.29. The number of carbonyl (C=O) groups is 1. The van der Waals surface area contributed by atoms with Crippen molar-refractivity contribution in [3.8, 4) is 0 Å². The number of benzene rings is 1. The maximum Gasteiger partial charge on any atom is 0.211 e. The van der Waals surface area contributed by atoms with Crippen LogP contribution in [-0.4, -0.2) is 58.8 Å². The molecule has 1 aromatic heterocycles. The predicted octanol–water partition coefficient (Wildman–Crippen LogP) is 4.84. The number of hydrogen-bond acceptors (Lipinski definition) is 6. The van der Waals surface area contributed by atoms with Crippen LogP contribution in [0, 0.1) is 20.8 Å². The molecule has 1 aliphatic heterocycles. The van der Waals surface area contributed by atoms with Gasteiger partial charge in [-0.1, -0.05) is 23.8 Å². The Labute approximate surface area is 224 Å². The summed E-state index contributed by atoms with van der Waals surface area (Å²) in [6, 6.07) is 6.17. The number of hydrogen-bond donors (Lipinski definition) is 3. The highest BCUT2D eigenvalue weighted by Crippen LogP contribution is 2.28. The van der Waals surface area contributed by atoms with E-state index in [0.29, 0.717) is 55.6 Å². The average Bonchev–Trinajstić information content (AvgIpc) is 3.42. The first-order chi connectivity index (χ1) is 18.4. The fraction of sp³-hybridized carbons (Fsp3) is 0.345. The number of amides is 1. The molecule has 0 atom stereocenters. The van der Waals surface area contributed by atoms with Crippen molar-refractivity contribution in [2.45, 2.75) is 41.0 Å². The first kappa shape index (κ1) is 28.3. The molecule has 0 spiro atoms. The summed E-state index contributed by atoms with van der Waals surface area (Å²) < 4.78 is 11.7. The largest absolute Gasteiger partial charge is 0.512 e.